The molecule has 0 aliphatic heterocycles. The van der Waals surface area contributed by atoms with E-state index in [2.05, 4.69) is 51.2 Å². The van der Waals surface area contributed by atoms with E-state index in [0.29, 0.717) is 0 Å². The summed E-state index contributed by atoms with van der Waals surface area (Å²) in [5, 5.41) is 12.8. The topological polar surface area (TPSA) is 47.4 Å². The van der Waals surface area contributed by atoms with Crippen LogP contribution in [0.25, 0.3) is 0 Å². The molecule has 0 fully saturated rings. The molecule has 0 aliphatic carbocycles. The summed E-state index contributed by atoms with van der Waals surface area (Å²) in [5.41, 5.74) is 4.36. The minimum atomic E-state index is 0.810. The van der Waals surface area contributed by atoms with Crippen LogP contribution < -0.4 is 14.6 Å². The van der Waals surface area contributed by atoms with Gasteiger partial charge in [0.15, 0.2) is 18.9 Å². The summed E-state index contributed by atoms with van der Waals surface area (Å²) in [6, 6.07) is 24.4. The predicted molar refractivity (Wildman–Crippen MR) is 169 cm³/mol. The maximum absolute atomic E-state index is 4.53. The van der Waals surface area contributed by atoms with Crippen molar-refractivity contribution < 1.29 is 4.57 Å². The second kappa shape index (κ2) is 17.2. The average Bonchev–Trinajstić information content (AvgIpc) is 2.97. The normalized spacial score (nSPS) is 12.1. The molecule has 0 radical (unpaired) electrons. The third kappa shape index (κ3) is 10.9. The highest BCUT2D eigenvalue weighted by Crippen LogP contribution is 2.20. The van der Waals surface area contributed by atoms with Crippen LogP contribution >= 0.6 is 21.6 Å². The number of aryl methyl sites for hydroxylation is 1. The molecular weight excluding hydrogens is 509 g/mol. The van der Waals surface area contributed by atoms with Gasteiger partial charge in [-0.15, -0.1) is 0 Å². The van der Waals surface area contributed by atoms with E-state index in [9.17, 15) is 0 Å². The number of anilines is 2. The van der Waals surface area contributed by atoms with Crippen LogP contribution in [0.3, 0.4) is 0 Å². The first-order chi connectivity index (χ1) is 18.7. The van der Waals surface area contributed by atoms with Crippen molar-refractivity contribution in [2.24, 2.45) is 15.2 Å². The van der Waals surface area contributed by atoms with Gasteiger partial charge in [0.1, 0.15) is 0 Å². The van der Waals surface area contributed by atoms with E-state index in [1.807, 2.05) is 131 Å². The predicted octanol–water partition coefficient (Wildman–Crippen LogP) is 6.36. The quantitative estimate of drug-likeness (QED) is 0.0734. The molecule has 3 rings (SSSR count). The van der Waals surface area contributed by atoms with E-state index < -0.39 is 0 Å². The molecule has 3 aromatic rings. The Kier molecular flexibility index (Phi) is 13.2. The third-order valence-electron chi connectivity index (χ3n) is 5.58. The molecular formula is C30H37N6S2+. The number of nitrogens with zero attached hydrogens (tertiary/aromatic N) is 6. The van der Waals surface area contributed by atoms with Gasteiger partial charge < -0.3 is 0 Å². The molecule has 8 heteroatoms. The van der Waals surface area contributed by atoms with Gasteiger partial charge in [-0.25, -0.2) is 4.57 Å². The summed E-state index contributed by atoms with van der Waals surface area (Å²) in [6.45, 7) is 3.91. The minimum absolute atomic E-state index is 0.810. The Bertz CT molecular complexity index is 1180. The Morgan fingerprint density at radius 1 is 0.816 bits per heavy atom. The molecule has 0 bridgehead atoms. The molecule has 0 unspecified atom stereocenters. The van der Waals surface area contributed by atoms with E-state index in [1.165, 1.54) is 0 Å². The summed E-state index contributed by atoms with van der Waals surface area (Å²) in [4.78, 5) is 4.53. The average molecular weight is 546 g/mol. The fourth-order valence-corrected chi connectivity index (χ4v) is 5.12. The molecule has 198 valence electrons. The van der Waals surface area contributed by atoms with Gasteiger partial charge in [-0.05, 0) is 42.3 Å². The van der Waals surface area contributed by atoms with Gasteiger partial charge >= 0.3 is 0 Å². The smallest absolute Gasteiger partial charge is 0.169 e. The number of hydrogen-bond acceptors (Lipinski definition) is 7. The fourth-order valence-electron chi connectivity index (χ4n) is 3.26. The van der Waals surface area contributed by atoms with Crippen LogP contribution in [0, 0.1) is 0 Å². The zero-order valence-corrected chi connectivity index (χ0v) is 24.1. The van der Waals surface area contributed by atoms with Gasteiger partial charge in [0.2, 0.25) is 0 Å². The molecule has 6 nitrogen and oxygen atoms in total. The number of rotatable bonds is 15. The van der Waals surface area contributed by atoms with Crippen molar-refractivity contribution in [3.63, 3.8) is 0 Å². The minimum Gasteiger partial charge on any atom is -0.292 e. The molecule has 38 heavy (non-hydrogen) atoms. The lowest BCUT2D eigenvalue weighted by atomic mass is 10.2. The number of allylic oxidation sites excluding steroid dienone is 2. The number of aromatic nitrogens is 1. The van der Waals surface area contributed by atoms with Gasteiger partial charge in [0, 0.05) is 50.3 Å². The van der Waals surface area contributed by atoms with Gasteiger partial charge in [-0.1, -0.05) is 64.9 Å². The number of hydrogen-bond donors (Lipinski definition) is 0. The summed E-state index contributed by atoms with van der Waals surface area (Å²) in [5.74, 6) is 2.05. The van der Waals surface area contributed by atoms with E-state index in [1.54, 1.807) is 0 Å². The summed E-state index contributed by atoms with van der Waals surface area (Å²) in [7, 11) is 7.67. The maximum atomic E-state index is 4.53. The number of hydrazone groups is 2. The van der Waals surface area contributed by atoms with Crippen molar-refractivity contribution in [1.82, 2.24) is 0 Å². The van der Waals surface area contributed by atoms with Crippen molar-refractivity contribution >= 4 is 51.6 Å². The molecule has 0 atom stereocenters. The highest BCUT2D eigenvalue weighted by atomic mass is 33.1. The van der Waals surface area contributed by atoms with E-state index >= 15 is 0 Å². The largest absolute Gasteiger partial charge is 0.292 e. The molecule has 2 aromatic carbocycles. The van der Waals surface area contributed by atoms with Crippen LogP contribution in [0.1, 0.15) is 18.9 Å². The Morgan fingerprint density at radius 3 is 2.05 bits per heavy atom. The molecule has 0 N–H and O–H groups in total. The number of pyridine rings is 1. The van der Waals surface area contributed by atoms with Gasteiger partial charge in [0.25, 0.3) is 0 Å². The second-order valence-electron chi connectivity index (χ2n) is 8.37. The Balaban J connectivity index is 1.29. The zero-order chi connectivity index (χ0) is 26.8. The maximum Gasteiger partial charge on any atom is 0.169 e. The van der Waals surface area contributed by atoms with Crippen LogP contribution in [-0.2, 0) is 6.54 Å². The lowest BCUT2D eigenvalue weighted by Gasteiger charge is -2.12. The molecule has 1 heterocycles. The highest BCUT2D eigenvalue weighted by molar-refractivity contribution is 8.76. The van der Waals surface area contributed by atoms with E-state index in [-0.39, 0.29) is 0 Å². The van der Waals surface area contributed by atoms with Crippen LogP contribution in [0.2, 0.25) is 0 Å². The molecule has 0 amide bonds. The van der Waals surface area contributed by atoms with Gasteiger partial charge in [-0.3, -0.25) is 15.0 Å². The summed E-state index contributed by atoms with van der Waals surface area (Å²) in [6.07, 6.45) is 12.9. The molecule has 0 saturated carbocycles. The second-order valence-corrected chi connectivity index (χ2v) is 11.1. The van der Waals surface area contributed by atoms with Crippen molar-refractivity contribution in [2.75, 3.05) is 42.2 Å². The van der Waals surface area contributed by atoms with Gasteiger partial charge in [-0.2, -0.15) is 10.2 Å². The first-order valence-electron chi connectivity index (χ1n) is 12.7. The van der Waals surface area contributed by atoms with Gasteiger partial charge in [0.05, 0.1) is 29.6 Å². The zero-order valence-electron chi connectivity index (χ0n) is 22.4. The summed E-state index contributed by atoms with van der Waals surface area (Å²) >= 11 is 0. The van der Waals surface area contributed by atoms with Crippen molar-refractivity contribution in [1.29, 1.82) is 0 Å². The third-order valence-corrected chi connectivity index (χ3v) is 7.94. The standard InChI is InChI=1S/C30H37N6S2/c1-4-27(25-32-34(2)29-11-7-5-8-12-29)15-18-31-19-23-37-38-24-22-36-20-16-28(17-21-36)26-33-35(3)30-13-9-6-10-14-30/h5-18,20-21,25-26H,4,19,22-24H2,1-3H3/q+1/b27-15+,31-18?,32-25-. The van der Waals surface area contributed by atoms with Crippen LogP contribution in [-0.4, -0.2) is 50.8 Å². The van der Waals surface area contributed by atoms with E-state index in [4.69, 9.17) is 0 Å². The number of benzene rings is 2. The first kappa shape index (κ1) is 29.2. The van der Waals surface area contributed by atoms with Crippen LogP contribution in [0.15, 0.2) is 112 Å². The van der Waals surface area contributed by atoms with E-state index in [0.717, 1.165) is 53.5 Å². The Morgan fingerprint density at radius 2 is 1.42 bits per heavy atom. The molecule has 1 aromatic heterocycles. The Labute approximate surface area is 235 Å². The van der Waals surface area contributed by atoms with Crippen LogP contribution in [0.5, 0.6) is 0 Å². The summed E-state index contributed by atoms with van der Waals surface area (Å²) < 4.78 is 2.21. The number of aliphatic imine (C=N–C) groups is 1. The first-order valence-corrected chi connectivity index (χ1v) is 15.2. The lowest BCUT2D eigenvalue weighted by Crippen LogP contribution is -2.33. The van der Waals surface area contributed by atoms with Crippen molar-refractivity contribution in [2.45, 2.75) is 19.9 Å². The molecule has 0 spiro atoms. The lowest BCUT2D eigenvalue weighted by molar-refractivity contribution is -0.692. The van der Waals surface area contributed by atoms with Crippen molar-refractivity contribution in [3.8, 4) is 0 Å². The molecule has 0 aliphatic rings. The number of para-hydroxylation sites is 2. The Hall–Kier alpha value is -3.36. The molecule has 0 saturated heterocycles. The van der Waals surface area contributed by atoms with Crippen molar-refractivity contribution in [3.05, 3.63) is 102 Å². The van der Waals surface area contributed by atoms with Crippen LogP contribution in [0.4, 0.5) is 11.4 Å². The highest BCUT2D eigenvalue weighted by Gasteiger charge is 2.02. The monoisotopic (exact) mass is 545 g/mol. The SMILES string of the molecule is CCC(/C=N\N(C)c1ccccc1)=C\C=NCCSSCC[n+]1ccc(C=NN(C)c2ccccc2)cc1. The fraction of sp³-hybridized carbons (Fsp3) is 0.267.